The Morgan fingerprint density at radius 3 is 0.919 bits per heavy atom. The molecule has 6 heteroatoms. The second-order valence-corrected chi connectivity index (χ2v) is 23.1. The van der Waals surface area contributed by atoms with Crippen LogP contribution in [0.3, 0.4) is 0 Å². The summed E-state index contributed by atoms with van der Waals surface area (Å²) in [6.07, 6.45) is 0. The van der Waals surface area contributed by atoms with Crippen molar-refractivity contribution in [1.82, 2.24) is 0 Å². The Balaban J connectivity index is 1.14. The summed E-state index contributed by atoms with van der Waals surface area (Å²) >= 11 is 3.47. The third-order valence-electron chi connectivity index (χ3n) is 16.1. The summed E-state index contributed by atoms with van der Waals surface area (Å²) in [6, 6.07) is 108. The van der Waals surface area contributed by atoms with Gasteiger partial charge in [0.15, 0.2) is 0 Å². The molecular weight excluding hydrogens is 1080 g/mol. The molecule has 0 spiro atoms. The van der Waals surface area contributed by atoms with E-state index in [1.54, 1.807) is 22.7 Å². The van der Waals surface area contributed by atoms with E-state index in [4.69, 9.17) is 11.5 Å². The molecule has 0 aliphatic rings. The number of nitrogen functional groups attached to an aromatic ring is 2. The number of para-hydroxylation sites is 2. The lowest BCUT2D eigenvalue weighted by Gasteiger charge is -2.29. The van der Waals surface area contributed by atoms with Crippen molar-refractivity contribution in [2.24, 2.45) is 0 Å². The van der Waals surface area contributed by atoms with Crippen LogP contribution in [-0.4, -0.2) is 0 Å². The van der Waals surface area contributed by atoms with Gasteiger partial charge in [-0.3, -0.25) is 0 Å². The van der Waals surface area contributed by atoms with E-state index in [0.29, 0.717) is 11.4 Å². The van der Waals surface area contributed by atoms with E-state index in [0.717, 1.165) is 144 Å². The van der Waals surface area contributed by atoms with E-state index in [2.05, 4.69) is 325 Å². The molecule has 12 aromatic carbocycles. The molecule has 4 nitrogen and oxygen atoms in total. The van der Waals surface area contributed by atoms with Gasteiger partial charge in [-0.1, -0.05) is 279 Å². The Morgan fingerprint density at radius 2 is 0.512 bits per heavy atom. The summed E-state index contributed by atoms with van der Waals surface area (Å²) in [5.74, 6) is 0. The molecule has 14 aromatic rings. The van der Waals surface area contributed by atoms with Gasteiger partial charge < -0.3 is 22.1 Å². The highest BCUT2D eigenvalue weighted by molar-refractivity contribution is 7.14. The van der Waals surface area contributed by atoms with Crippen molar-refractivity contribution in [3.05, 3.63) is 314 Å². The van der Waals surface area contributed by atoms with Crippen molar-refractivity contribution in [1.29, 1.82) is 0 Å². The zero-order valence-electron chi connectivity index (χ0n) is 47.0. The standard InChI is InChI=1S/C80H58N4S2/c81-77-75(64-40-20-19-39-59(64)53-27-7-1-8-28-53)71(58-37-17-6-18-38-58)74(65-45-21-43-62(56-33-13-4-14-34-56)79(65)83-67-47-23-41-60(54-29-9-2-10-30-54)72(67)69-49-25-51-85-69)76(78(77)82)66-46-22-44-63(57-35-15-5-16-36-57)80(66)84-68-48-24-42-61(55-31-11-3-12-32-55)73(68)70-50-26-52-86-70/h1-52,83-84H,81-82H2. The molecule has 0 bridgehead atoms. The van der Waals surface area contributed by atoms with Crippen molar-refractivity contribution in [3.8, 4) is 121 Å². The van der Waals surface area contributed by atoms with Crippen LogP contribution in [0.1, 0.15) is 0 Å². The van der Waals surface area contributed by atoms with Crippen LogP contribution in [0.5, 0.6) is 0 Å². The Hall–Kier alpha value is -10.8. The fourth-order valence-electron chi connectivity index (χ4n) is 12.3. The lowest BCUT2D eigenvalue weighted by molar-refractivity contribution is 1.48. The van der Waals surface area contributed by atoms with Crippen LogP contribution in [0, 0.1) is 0 Å². The first kappa shape index (κ1) is 53.3. The summed E-state index contributed by atoms with van der Waals surface area (Å²) in [5, 5.41) is 12.8. The molecule has 6 N–H and O–H groups in total. The monoisotopic (exact) mass is 1140 g/mol. The Labute approximate surface area is 510 Å². The molecular formula is C80H58N4S2. The minimum absolute atomic E-state index is 0.462. The van der Waals surface area contributed by atoms with Crippen LogP contribution in [0.25, 0.3) is 121 Å². The molecule has 14 rings (SSSR count). The van der Waals surface area contributed by atoms with Crippen LogP contribution in [0.2, 0.25) is 0 Å². The van der Waals surface area contributed by atoms with E-state index in [-0.39, 0.29) is 0 Å². The first-order valence-electron chi connectivity index (χ1n) is 28.9. The van der Waals surface area contributed by atoms with Gasteiger partial charge in [0.1, 0.15) is 0 Å². The molecule has 0 aliphatic carbocycles. The molecule has 0 aliphatic heterocycles. The molecule has 410 valence electrons. The minimum atomic E-state index is 0.462. The van der Waals surface area contributed by atoms with Crippen molar-refractivity contribution < 1.29 is 0 Å². The van der Waals surface area contributed by atoms with Gasteiger partial charge in [0.2, 0.25) is 0 Å². The van der Waals surface area contributed by atoms with Crippen LogP contribution in [0.15, 0.2) is 314 Å². The molecule has 0 saturated carbocycles. The molecule has 0 saturated heterocycles. The largest absolute Gasteiger partial charge is 0.397 e. The lowest BCUT2D eigenvalue weighted by atomic mass is 9.78. The first-order chi connectivity index (χ1) is 42.6. The molecule has 0 unspecified atom stereocenters. The van der Waals surface area contributed by atoms with Gasteiger partial charge in [0, 0.05) is 76.8 Å². The second kappa shape index (κ2) is 23.8. The molecule has 0 atom stereocenters. The zero-order valence-corrected chi connectivity index (χ0v) is 48.6. The van der Waals surface area contributed by atoms with Crippen LogP contribution < -0.4 is 22.1 Å². The fraction of sp³-hybridized carbons (Fsp3) is 0. The van der Waals surface area contributed by atoms with Crippen LogP contribution in [0.4, 0.5) is 34.1 Å². The van der Waals surface area contributed by atoms with Gasteiger partial charge in [-0.05, 0) is 90.7 Å². The second-order valence-electron chi connectivity index (χ2n) is 21.2. The Bertz CT molecular complexity index is 4660. The summed E-state index contributed by atoms with van der Waals surface area (Å²) < 4.78 is 0. The van der Waals surface area contributed by atoms with Crippen molar-refractivity contribution >= 4 is 56.8 Å². The summed E-state index contributed by atoms with van der Waals surface area (Å²) in [6.45, 7) is 0. The van der Waals surface area contributed by atoms with E-state index in [1.165, 1.54) is 0 Å². The van der Waals surface area contributed by atoms with Gasteiger partial charge in [-0.15, -0.1) is 22.7 Å². The van der Waals surface area contributed by atoms with Crippen molar-refractivity contribution in [2.45, 2.75) is 0 Å². The zero-order chi connectivity index (χ0) is 57.8. The Morgan fingerprint density at radius 1 is 0.209 bits per heavy atom. The van der Waals surface area contributed by atoms with Crippen molar-refractivity contribution in [3.63, 3.8) is 0 Å². The maximum atomic E-state index is 8.14. The number of hydrogen-bond donors (Lipinski definition) is 4. The number of nitrogens with two attached hydrogens (primary N) is 2. The number of thiophene rings is 2. The summed E-state index contributed by atoms with van der Waals surface area (Å²) in [5.41, 5.74) is 41.0. The van der Waals surface area contributed by atoms with Gasteiger partial charge in [0.25, 0.3) is 0 Å². The molecule has 2 heterocycles. The number of hydrogen-bond acceptors (Lipinski definition) is 6. The average Bonchev–Trinajstić information content (AvgIpc) is 1.51. The topological polar surface area (TPSA) is 76.1 Å². The smallest absolute Gasteiger partial charge is 0.0641 e. The van der Waals surface area contributed by atoms with Crippen LogP contribution in [-0.2, 0) is 0 Å². The molecule has 2 aromatic heterocycles. The third kappa shape index (κ3) is 10.1. The highest BCUT2D eigenvalue weighted by Crippen LogP contribution is 2.58. The summed E-state index contributed by atoms with van der Waals surface area (Å²) in [4.78, 5) is 2.30. The van der Waals surface area contributed by atoms with Gasteiger partial charge in [-0.2, -0.15) is 0 Å². The quantitative estimate of drug-likeness (QED) is 0.0772. The summed E-state index contributed by atoms with van der Waals surface area (Å²) in [7, 11) is 0. The van der Waals surface area contributed by atoms with E-state index in [9.17, 15) is 0 Å². The first-order valence-corrected chi connectivity index (χ1v) is 30.6. The number of rotatable bonds is 15. The SMILES string of the molecule is Nc1c(N)c(-c2cccc(-c3ccccc3)c2Nc2cccc(-c3ccccc3)c2-c2cccs2)c(-c2cccc(-c3ccccc3)c2Nc2cccc(-c3ccccc3)c2-c2cccs2)c(-c2ccccc2)c1-c1ccccc1-c1ccccc1. The maximum absolute atomic E-state index is 8.14. The highest BCUT2D eigenvalue weighted by atomic mass is 32.1. The predicted molar refractivity (Wildman–Crippen MR) is 370 cm³/mol. The van der Waals surface area contributed by atoms with Crippen LogP contribution >= 0.6 is 22.7 Å². The average molecular weight is 1140 g/mol. The minimum Gasteiger partial charge on any atom is -0.397 e. The normalized spacial score (nSPS) is 11.1. The molecule has 0 amide bonds. The van der Waals surface area contributed by atoms with E-state index < -0.39 is 0 Å². The molecule has 86 heavy (non-hydrogen) atoms. The van der Waals surface area contributed by atoms with Gasteiger partial charge in [0.05, 0.1) is 22.7 Å². The third-order valence-corrected chi connectivity index (χ3v) is 17.9. The van der Waals surface area contributed by atoms with E-state index in [1.807, 2.05) is 0 Å². The highest BCUT2D eigenvalue weighted by Gasteiger charge is 2.31. The van der Waals surface area contributed by atoms with Gasteiger partial charge >= 0.3 is 0 Å². The van der Waals surface area contributed by atoms with Gasteiger partial charge in [-0.25, -0.2) is 0 Å². The Kier molecular flexibility index (Phi) is 14.8. The molecule has 0 radical (unpaired) electrons. The fourth-order valence-corrected chi connectivity index (χ4v) is 13.9. The predicted octanol–water partition coefficient (Wildman–Crippen LogP) is 22.8. The number of benzene rings is 12. The van der Waals surface area contributed by atoms with E-state index >= 15 is 0 Å². The lowest BCUT2D eigenvalue weighted by Crippen LogP contribution is -2.08. The number of anilines is 6. The molecule has 0 fully saturated rings. The van der Waals surface area contributed by atoms with Crippen molar-refractivity contribution in [2.75, 3.05) is 22.1 Å². The number of nitrogens with one attached hydrogen (secondary N) is 2. The maximum Gasteiger partial charge on any atom is 0.0641 e.